The molecule has 8 heteroatoms. The summed E-state index contributed by atoms with van der Waals surface area (Å²) < 4.78 is 4.45. The molecular formula is C27H31N5O3. The summed E-state index contributed by atoms with van der Waals surface area (Å²) in [6, 6.07) is 13.0. The first-order chi connectivity index (χ1) is 16.8. The summed E-state index contributed by atoms with van der Waals surface area (Å²) in [5.74, 6) is 0.295. The third-order valence-corrected chi connectivity index (χ3v) is 6.86. The van der Waals surface area contributed by atoms with Crippen molar-refractivity contribution in [3.63, 3.8) is 0 Å². The molecule has 1 fully saturated rings. The van der Waals surface area contributed by atoms with Gasteiger partial charge in [-0.25, -0.2) is 13.9 Å². The van der Waals surface area contributed by atoms with Gasteiger partial charge in [-0.1, -0.05) is 51.0 Å². The molecule has 0 bridgehead atoms. The minimum absolute atomic E-state index is 0.178. The summed E-state index contributed by atoms with van der Waals surface area (Å²) >= 11 is 0. The highest BCUT2D eigenvalue weighted by Gasteiger charge is 2.22. The number of hydrogen-bond acceptors (Lipinski definition) is 4. The fourth-order valence-corrected chi connectivity index (χ4v) is 4.98. The molecular weight excluding hydrogens is 442 g/mol. The lowest BCUT2D eigenvalue weighted by Crippen LogP contribution is -2.33. The van der Waals surface area contributed by atoms with E-state index in [1.54, 1.807) is 22.8 Å². The molecule has 2 heterocycles. The van der Waals surface area contributed by atoms with Crippen LogP contribution < -0.4 is 16.6 Å². The van der Waals surface area contributed by atoms with Crippen LogP contribution in [0.1, 0.15) is 61.0 Å². The van der Waals surface area contributed by atoms with Crippen LogP contribution in [0.4, 0.5) is 0 Å². The molecule has 0 atom stereocenters. The molecule has 1 aliphatic rings. The van der Waals surface area contributed by atoms with Gasteiger partial charge < -0.3 is 5.32 Å². The molecule has 1 aliphatic carbocycles. The van der Waals surface area contributed by atoms with E-state index in [1.807, 2.05) is 45.0 Å². The van der Waals surface area contributed by atoms with Crippen molar-refractivity contribution in [2.24, 2.45) is 5.92 Å². The Bertz CT molecular complexity index is 1540. The Balaban J connectivity index is 1.69. The van der Waals surface area contributed by atoms with E-state index in [1.165, 1.54) is 9.08 Å². The van der Waals surface area contributed by atoms with E-state index < -0.39 is 0 Å². The summed E-state index contributed by atoms with van der Waals surface area (Å²) in [7, 11) is 0. The smallest absolute Gasteiger partial charge is 0.349 e. The SMILES string of the molecule is Cc1ccccc1Cn1nc2n(CC(C)C)c(=O)c3ccc(C(=O)NC4CCCC4)cc3n2c1=O. The molecule has 5 rings (SSSR count). The second kappa shape index (κ2) is 9.17. The number of aryl methyl sites for hydroxylation is 1. The number of benzene rings is 2. The monoisotopic (exact) mass is 473 g/mol. The number of aromatic nitrogens is 4. The zero-order chi connectivity index (χ0) is 24.7. The van der Waals surface area contributed by atoms with Crippen molar-refractivity contribution >= 4 is 22.6 Å². The van der Waals surface area contributed by atoms with Gasteiger partial charge in [0.15, 0.2) is 0 Å². The lowest BCUT2D eigenvalue weighted by Gasteiger charge is -2.14. The van der Waals surface area contributed by atoms with Crippen molar-refractivity contribution in [1.82, 2.24) is 24.1 Å². The minimum Gasteiger partial charge on any atom is -0.349 e. The molecule has 1 N–H and O–H groups in total. The maximum absolute atomic E-state index is 13.6. The highest BCUT2D eigenvalue weighted by atomic mass is 16.2. The van der Waals surface area contributed by atoms with E-state index in [0.29, 0.717) is 35.3 Å². The molecule has 182 valence electrons. The summed E-state index contributed by atoms with van der Waals surface area (Å²) in [5.41, 5.74) is 2.34. The standard InChI is InChI=1S/C27H31N5O3/c1-17(2)15-30-25(34)22-13-12-19(24(33)28-21-10-6-7-11-21)14-23(22)32-26(30)29-31(27(32)35)16-20-9-5-4-8-18(20)3/h4-5,8-9,12-14,17,21H,6-7,10-11,15-16H2,1-3H3,(H,28,33). The van der Waals surface area contributed by atoms with Gasteiger partial charge >= 0.3 is 5.69 Å². The molecule has 0 unspecified atom stereocenters. The number of amides is 1. The number of nitrogens with zero attached hydrogens (tertiary/aromatic N) is 4. The molecule has 1 saturated carbocycles. The zero-order valence-electron chi connectivity index (χ0n) is 20.5. The van der Waals surface area contributed by atoms with Gasteiger partial charge in [-0.15, -0.1) is 5.10 Å². The molecule has 0 saturated heterocycles. The Morgan fingerprint density at radius 2 is 1.86 bits per heavy atom. The maximum atomic E-state index is 13.6. The van der Waals surface area contributed by atoms with Gasteiger partial charge in [0.1, 0.15) is 0 Å². The third-order valence-electron chi connectivity index (χ3n) is 6.86. The summed E-state index contributed by atoms with van der Waals surface area (Å²) in [5, 5.41) is 8.08. The van der Waals surface area contributed by atoms with Gasteiger partial charge in [0.05, 0.1) is 17.4 Å². The van der Waals surface area contributed by atoms with Crippen LogP contribution in [0.5, 0.6) is 0 Å². The lowest BCUT2D eigenvalue weighted by atomic mass is 10.1. The lowest BCUT2D eigenvalue weighted by molar-refractivity contribution is 0.0938. The molecule has 35 heavy (non-hydrogen) atoms. The van der Waals surface area contributed by atoms with Gasteiger partial charge in [-0.2, -0.15) is 0 Å². The molecule has 4 aromatic rings. The maximum Gasteiger partial charge on any atom is 0.352 e. The first-order valence-electron chi connectivity index (χ1n) is 12.3. The van der Waals surface area contributed by atoms with Crippen molar-refractivity contribution in [3.8, 4) is 0 Å². The van der Waals surface area contributed by atoms with Crippen LogP contribution in [-0.2, 0) is 13.1 Å². The van der Waals surface area contributed by atoms with Crippen molar-refractivity contribution in [2.75, 3.05) is 0 Å². The predicted octanol–water partition coefficient (Wildman–Crippen LogP) is 3.50. The van der Waals surface area contributed by atoms with Crippen LogP contribution in [0.2, 0.25) is 0 Å². The van der Waals surface area contributed by atoms with E-state index in [9.17, 15) is 14.4 Å². The van der Waals surface area contributed by atoms with E-state index in [4.69, 9.17) is 0 Å². The normalized spacial score (nSPS) is 14.4. The van der Waals surface area contributed by atoms with Gasteiger partial charge in [-0.05, 0) is 55.0 Å². The van der Waals surface area contributed by atoms with Gasteiger partial charge in [0.2, 0.25) is 5.78 Å². The summed E-state index contributed by atoms with van der Waals surface area (Å²) in [4.78, 5) is 40.0. The van der Waals surface area contributed by atoms with Crippen LogP contribution in [0.15, 0.2) is 52.1 Å². The van der Waals surface area contributed by atoms with Crippen LogP contribution >= 0.6 is 0 Å². The molecule has 2 aromatic heterocycles. The molecule has 0 spiro atoms. The summed E-state index contributed by atoms with van der Waals surface area (Å²) in [6.45, 7) is 6.77. The average molecular weight is 474 g/mol. The van der Waals surface area contributed by atoms with Crippen molar-refractivity contribution in [3.05, 3.63) is 80.0 Å². The Morgan fingerprint density at radius 1 is 1.11 bits per heavy atom. The first kappa shape index (κ1) is 23.1. The van der Waals surface area contributed by atoms with Crippen molar-refractivity contribution in [2.45, 2.75) is 65.6 Å². The Kier molecular flexibility index (Phi) is 6.05. The number of hydrogen-bond donors (Lipinski definition) is 1. The van der Waals surface area contributed by atoms with E-state index in [-0.39, 0.29) is 29.1 Å². The second-order valence-corrected chi connectivity index (χ2v) is 10.00. The molecule has 2 aromatic carbocycles. The van der Waals surface area contributed by atoms with Gasteiger partial charge in [0, 0.05) is 18.2 Å². The van der Waals surface area contributed by atoms with E-state index in [0.717, 1.165) is 36.8 Å². The second-order valence-electron chi connectivity index (χ2n) is 10.00. The minimum atomic E-state index is -0.334. The van der Waals surface area contributed by atoms with Crippen LogP contribution in [-0.4, -0.2) is 30.7 Å². The Morgan fingerprint density at radius 3 is 2.57 bits per heavy atom. The first-order valence-corrected chi connectivity index (χ1v) is 12.3. The number of carbonyl (C=O) groups is 1. The highest BCUT2D eigenvalue weighted by molar-refractivity contribution is 5.98. The van der Waals surface area contributed by atoms with Crippen LogP contribution in [0.25, 0.3) is 16.7 Å². The van der Waals surface area contributed by atoms with Gasteiger partial charge in [0.25, 0.3) is 11.5 Å². The van der Waals surface area contributed by atoms with Crippen molar-refractivity contribution < 1.29 is 4.79 Å². The number of carbonyl (C=O) groups excluding carboxylic acids is 1. The molecule has 0 radical (unpaired) electrons. The quantitative estimate of drug-likeness (QED) is 0.464. The number of fused-ring (bicyclic) bond motifs is 3. The van der Waals surface area contributed by atoms with Gasteiger partial charge in [-0.3, -0.25) is 14.2 Å². The Hall–Kier alpha value is -3.68. The third kappa shape index (κ3) is 4.29. The van der Waals surface area contributed by atoms with Crippen LogP contribution in [0, 0.1) is 12.8 Å². The summed E-state index contributed by atoms with van der Waals surface area (Å²) in [6.07, 6.45) is 4.20. The fourth-order valence-electron chi connectivity index (χ4n) is 4.98. The molecule has 8 nitrogen and oxygen atoms in total. The van der Waals surface area contributed by atoms with E-state index in [2.05, 4.69) is 10.4 Å². The predicted molar refractivity (Wildman–Crippen MR) is 136 cm³/mol. The highest BCUT2D eigenvalue weighted by Crippen LogP contribution is 2.20. The average Bonchev–Trinajstić information content (AvgIpc) is 3.45. The molecule has 1 amide bonds. The largest absolute Gasteiger partial charge is 0.352 e. The molecule has 0 aliphatic heterocycles. The topological polar surface area (TPSA) is 90.4 Å². The Labute approximate surface area is 203 Å². The van der Waals surface area contributed by atoms with Crippen LogP contribution in [0.3, 0.4) is 0 Å². The van der Waals surface area contributed by atoms with Crippen molar-refractivity contribution in [1.29, 1.82) is 0 Å². The van der Waals surface area contributed by atoms with E-state index >= 15 is 0 Å². The number of rotatable bonds is 6. The fraction of sp³-hybridized carbons (Fsp3) is 0.407. The zero-order valence-corrected chi connectivity index (χ0v) is 20.5. The number of nitrogens with one attached hydrogen (secondary N) is 1.